The highest BCUT2D eigenvalue weighted by molar-refractivity contribution is 6.20. The average molecular weight is 436 g/mol. The number of hydrogen-bond acceptors (Lipinski definition) is 1. The van der Waals surface area contributed by atoms with Crippen molar-refractivity contribution in [2.24, 2.45) is 0 Å². The standard InChI is InChI=1S/C31H21N3/c1-3-9-22(10-4-1)24-17-19-32-29(21-24)33-20-18-23-15-16-28-30(31(23)33)26-13-7-8-14-27(26)34(28)25-11-5-2-6-12-25/h1-21H. The molecule has 3 aromatic heterocycles. The summed E-state index contributed by atoms with van der Waals surface area (Å²) in [6.07, 6.45) is 4.03. The summed E-state index contributed by atoms with van der Waals surface area (Å²) in [5.41, 5.74) is 7.09. The van der Waals surface area contributed by atoms with E-state index in [0.29, 0.717) is 0 Å². The Kier molecular flexibility index (Phi) is 4.15. The Morgan fingerprint density at radius 2 is 1.35 bits per heavy atom. The van der Waals surface area contributed by atoms with Gasteiger partial charge < -0.3 is 9.13 Å². The number of fused-ring (bicyclic) bond motifs is 5. The summed E-state index contributed by atoms with van der Waals surface area (Å²) in [5, 5.41) is 3.69. The molecule has 3 heteroatoms. The van der Waals surface area contributed by atoms with Gasteiger partial charge in [-0.2, -0.15) is 0 Å². The molecule has 0 aliphatic heterocycles. The minimum Gasteiger partial charge on any atom is -0.309 e. The molecule has 0 unspecified atom stereocenters. The van der Waals surface area contributed by atoms with Crippen molar-refractivity contribution in [1.82, 2.24) is 14.1 Å². The van der Waals surface area contributed by atoms with Crippen LogP contribution in [0.1, 0.15) is 0 Å². The lowest BCUT2D eigenvalue weighted by Crippen LogP contribution is -1.97. The van der Waals surface area contributed by atoms with Crippen LogP contribution in [0.5, 0.6) is 0 Å². The van der Waals surface area contributed by atoms with E-state index in [-0.39, 0.29) is 0 Å². The van der Waals surface area contributed by atoms with Gasteiger partial charge in [0.15, 0.2) is 0 Å². The highest BCUT2D eigenvalue weighted by Crippen LogP contribution is 2.38. The third kappa shape index (κ3) is 2.81. The lowest BCUT2D eigenvalue weighted by atomic mass is 10.1. The van der Waals surface area contributed by atoms with Crippen LogP contribution < -0.4 is 0 Å². The van der Waals surface area contributed by atoms with Crippen molar-refractivity contribution >= 4 is 32.7 Å². The number of para-hydroxylation sites is 2. The summed E-state index contributed by atoms with van der Waals surface area (Å²) < 4.78 is 4.58. The van der Waals surface area contributed by atoms with E-state index in [0.717, 1.165) is 17.1 Å². The van der Waals surface area contributed by atoms with Crippen molar-refractivity contribution in [2.75, 3.05) is 0 Å². The normalized spacial score (nSPS) is 11.5. The molecule has 34 heavy (non-hydrogen) atoms. The summed E-state index contributed by atoms with van der Waals surface area (Å²) >= 11 is 0. The van der Waals surface area contributed by atoms with Crippen LogP contribution in [-0.4, -0.2) is 14.1 Å². The lowest BCUT2D eigenvalue weighted by molar-refractivity contribution is 1.05. The van der Waals surface area contributed by atoms with Crippen molar-refractivity contribution in [3.8, 4) is 22.6 Å². The quantitative estimate of drug-likeness (QED) is 0.278. The van der Waals surface area contributed by atoms with Gasteiger partial charge >= 0.3 is 0 Å². The van der Waals surface area contributed by atoms with E-state index in [9.17, 15) is 0 Å². The predicted octanol–water partition coefficient (Wildman–Crippen LogP) is 7.79. The summed E-state index contributed by atoms with van der Waals surface area (Å²) in [5.74, 6) is 0.917. The molecule has 4 aromatic carbocycles. The average Bonchev–Trinajstić information content (AvgIpc) is 3.49. The summed E-state index contributed by atoms with van der Waals surface area (Å²) in [4.78, 5) is 4.77. The molecule has 0 saturated carbocycles. The van der Waals surface area contributed by atoms with Crippen LogP contribution in [0.2, 0.25) is 0 Å². The van der Waals surface area contributed by atoms with E-state index in [1.807, 2.05) is 12.3 Å². The molecular weight excluding hydrogens is 414 g/mol. The molecule has 0 fully saturated rings. The zero-order valence-electron chi connectivity index (χ0n) is 18.5. The van der Waals surface area contributed by atoms with E-state index in [1.165, 1.54) is 38.3 Å². The second-order valence-electron chi connectivity index (χ2n) is 8.54. The van der Waals surface area contributed by atoms with Crippen molar-refractivity contribution in [3.63, 3.8) is 0 Å². The van der Waals surface area contributed by atoms with Gasteiger partial charge in [0.05, 0.1) is 16.6 Å². The third-order valence-corrected chi connectivity index (χ3v) is 6.60. The summed E-state index contributed by atoms with van der Waals surface area (Å²) in [6.45, 7) is 0. The molecule has 0 bridgehead atoms. The van der Waals surface area contributed by atoms with Crippen LogP contribution in [0.15, 0.2) is 128 Å². The first-order valence-electron chi connectivity index (χ1n) is 11.5. The van der Waals surface area contributed by atoms with E-state index in [4.69, 9.17) is 4.98 Å². The number of nitrogens with zero attached hydrogens (tertiary/aromatic N) is 3. The zero-order valence-corrected chi connectivity index (χ0v) is 18.5. The molecule has 0 aliphatic rings. The van der Waals surface area contributed by atoms with Gasteiger partial charge in [-0.3, -0.25) is 0 Å². The van der Waals surface area contributed by atoms with Crippen molar-refractivity contribution in [1.29, 1.82) is 0 Å². The maximum atomic E-state index is 4.77. The Morgan fingerprint density at radius 3 is 2.21 bits per heavy atom. The molecule has 0 aliphatic carbocycles. The molecule has 0 radical (unpaired) electrons. The minimum atomic E-state index is 0.917. The second-order valence-corrected chi connectivity index (χ2v) is 8.54. The number of hydrogen-bond donors (Lipinski definition) is 0. The molecule has 160 valence electrons. The number of pyridine rings is 1. The molecule has 3 heterocycles. The van der Waals surface area contributed by atoms with Crippen LogP contribution in [0.4, 0.5) is 0 Å². The maximum Gasteiger partial charge on any atom is 0.137 e. The van der Waals surface area contributed by atoms with E-state index >= 15 is 0 Å². The van der Waals surface area contributed by atoms with Crippen LogP contribution in [0.3, 0.4) is 0 Å². The Morgan fingerprint density at radius 1 is 0.588 bits per heavy atom. The number of benzene rings is 4. The monoisotopic (exact) mass is 435 g/mol. The van der Waals surface area contributed by atoms with Gasteiger partial charge in [-0.1, -0.05) is 72.8 Å². The van der Waals surface area contributed by atoms with E-state index in [2.05, 4.69) is 125 Å². The zero-order chi connectivity index (χ0) is 22.5. The van der Waals surface area contributed by atoms with Gasteiger partial charge in [0.1, 0.15) is 5.82 Å². The summed E-state index contributed by atoms with van der Waals surface area (Å²) in [6, 6.07) is 40.6. The largest absolute Gasteiger partial charge is 0.309 e. The van der Waals surface area contributed by atoms with Gasteiger partial charge in [0, 0.05) is 34.2 Å². The van der Waals surface area contributed by atoms with Crippen LogP contribution in [0.25, 0.3) is 55.3 Å². The SMILES string of the molecule is c1ccc(-c2ccnc(-n3ccc4ccc5c(c6ccccc6n5-c5ccccc5)c43)c2)cc1. The topological polar surface area (TPSA) is 22.8 Å². The van der Waals surface area contributed by atoms with Gasteiger partial charge in [-0.05, 0) is 53.6 Å². The molecule has 0 spiro atoms. The second kappa shape index (κ2) is 7.46. The van der Waals surface area contributed by atoms with Crippen molar-refractivity contribution in [2.45, 2.75) is 0 Å². The van der Waals surface area contributed by atoms with Gasteiger partial charge in [0.25, 0.3) is 0 Å². The molecule has 0 amide bonds. The van der Waals surface area contributed by atoms with E-state index < -0.39 is 0 Å². The predicted molar refractivity (Wildman–Crippen MR) is 141 cm³/mol. The smallest absolute Gasteiger partial charge is 0.137 e. The molecule has 3 nitrogen and oxygen atoms in total. The van der Waals surface area contributed by atoms with Crippen LogP contribution in [-0.2, 0) is 0 Å². The fourth-order valence-electron chi connectivity index (χ4n) is 5.09. The summed E-state index contributed by atoms with van der Waals surface area (Å²) in [7, 11) is 0. The highest BCUT2D eigenvalue weighted by Gasteiger charge is 2.17. The van der Waals surface area contributed by atoms with Crippen molar-refractivity contribution < 1.29 is 0 Å². The van der Waals surface area contributed by atoms with Gasteiger partial charge in [-0.25, -0.2) is 4.98 Å². The molecule has 0 N–H and O–H groups in total. The fraction of sp³-hybridized carbons (Fsp3) is 0. The first kappa shape index (κ1) is 18.9. The number of rotatable bonds is 3. The molecule has 0 saturated heterocycles. The highest BCUT2D eigenvalue weighted by atomic mass is 15.1. The molecule has 7 aromatic rings. The third-order valence-electron chi connectivity index (χ3n) is 6.60. The van der Waals surface area contributed by atoms with Crippen molar-refractivity contribution in [3.05, 3.63) is 128 Å². The Bertz CT molecular complexity index is 1790. The van der Waals surface area contributed by atoms with E-state index in [1.54, 1.807) is 0 Å². The Labute approximate surface area is 197 Å². The molecular formula is C31H21N3. The van der Waals surface area contributed by atoms with Gasteiger partial charge in [0.2, 0.25) is 0 Å². The Hall–Kier alpha value is -4.63. The maximum absolute atomic E-state index is 4.77. The van der Waals surface area contributed by atoms with Crippen LogP contribution >= 0.6 is 0 Å². The fourth-order valence-corrected chi connectivity index (χ4v) is 5.09. The minimum absolute atomic E-state index is 0.917. The molecule has 7 rings (SSSR count). The van der Waals surface area contributed by atoms with Gasteiger partial charge in [-0.15, -0.1) is 0 Å². The number of aromatic nitrogens is 3. The van der Waals surface area contributed by atoms with Crippen LogP contribution in [0, 0.1) is 0 Å². The first-order chi connectivity index (χ1) is 16.9. The molecule has 0 atom stereocenters. The first-order valence-corrected chi connectivity index (χ1v) is 11.5. The lowest BCUT2D eigenvalue weighted by Gasteiger charge is -2.10. The Balaban J connectivity index is 1.55.